The van der Waals surface area contributed by atoms with Crippen LogP contribution in [0.5, 0.6) is 17.2 Å². The maximum Gasteiger partial charge on any atom is 0.307 e. The highest BCUT2D eigenvalue weighted by Crippen LogP contribution is 2.44. The first-order chi connectivity index (χ1) is 27.1. The molecule has 0 spiro atoms. The van der Waals surface area contributed by atoms with E-state index in [9.17, 15) is 14.4 Å². The lowest BCUT2D eigenvalue weighted by atomic mass is 9.71. The number of methoxy groups -OCH3 is 3. The highest BCUT2D eigenvalue weighted by atomic mass is 35.5. The molecule has 302 valence electrons. The molecule has 0 aromatic heterocycles. The van der Waals surface area contributed by atoms with E-state index in [4.69, 9.17) is 42.1 Å². The van der Waals surface area contributed by atoms with Crippen LogP contribution in [0.3, 0.4) is 0 Å². The average Bonchev–Trinajstić information content (AvgIpc) is 3.68. The van der Waals surface area contributed by atoms with Crippen molar-refractivity contribution in [3.8, 4) is 17.2 Å². The molecule has 0 N–H and O–H groups in total. The molecule has 6 rings (SSSR count). The predicted molar refractivity (Wildman–Crippen MR) is 217 cm³/mol. The van der Waals surface area contributed by atoms with Crippen molar-refractivity contribution in [2.24, 2.45) is 0 Å². The summed E-state index contributed by atoms with van der Waals surface area (Å²) < 4.78 is 21.7. The van der Waals surface area contributed by atoms with Crippen LogP contribution in [0.1, 0.15) is 60.5 Å². The Hall–Kier alpha value is -4.03. The number of carbonyl (C=O) groups excluding carboxylic acids is 3. The first kappa shape index (κ1) is 41.6. The Bertz CT molecular complexity index is 1820. The molecule has 0 unspecified atom stereocenters. The Balaban J connectivity index is 1.16. The van der Waals surface area contributed by atoms with E-state index in [0.717, 1.165) is 56.7 Å². The Labute approximate surface area is 340 Å². The number of halogens is 2. The first-order valence-corrected chi connectivity index (χ1v) is 20.3. The summed E-state index contributed by atoms with van der Waals surface area (Å²) in [6, 6.07) is 19.5. The van der Waals surface area contributed by atoms with Crippen molar-refractivity contribution in [2.45, 2.75) is 49.9 Å². The zero-order chi connectivity index (χ0) is 39.9. The van der Waals surface area contributed by atoms with E-state index < -0.39 is 5.41 Å². The summed E-state index contributed by atoms with van der Waals surface area (Å²) in [5.74, 6) is 1.18. The van der Waals surface area contributed by atoms with Gasteiger partial charge in [-0.1, -0.05) is 59.6 Å². The van der Waals surface area contributed by atoms with Crippen LogP contribution in [-0.4, -0.2) is 131 Å². The van der Waals surface area contributed by atoms with Gasteiger partial charge in [-0.15, -0.1) is 0 Å². The molecule has 13 heteroatoms. The van der Waals surface area contributed by atoms with Gasteiger partial charge in [-0.3, -0.25) is 19.3 Å². The molecule has 56 heavy (non-hydrogen) atoms. The second kappa shape index (κ2) is 18.5. The SMILES string of the molecule is CCOC(=O)CCN1CCN(C(=O)C2(c3ccccc3)CCN(CC[C@]3(c4ccc(Cl)c(Cl)c4)CCN(C(=O)c4cc(OC)c(OC)c(OC)c4)C3)CC2)CC1. The minimum Gasteiger partial charge on any atom is -0.493 e. The zero-order valence-electron chi connectivity index (χ0n) is 33.0. The van der Waals surface area contributed by atoms with Crippen molar-refractivity contribution in [3.63, 3.8) is 0 Å². The van der Waals surface area contributed by atoms with E-state index in [2.05, 4.69) is 21.9 Å². The van der Waals surface area contributed by atoms with Gasteiger partial charge < -0.3 is 33.6 Å². The second-order valence-electron chi connectivity index (χ2n) is 15.0. The summed E-state index contributed by atoms with van der Waals surface area (Å²) in [6.07, 6.45) is 3.34. The van der Waals surface area contributed by atoms with Crippen LogP contribution in [0.15, 0.2) is 60.7 Å². The fraction of sp³-hybridized carbons (Fsp3) is 0.512. The molecule has 2 amide bonds. The summed E-state index contributed by atoms with van der Waals surface area (Å²) in [6.45, 7) is 8.99. The van der Waals surface area contributed by atoms with Crippen LogP contribution in [0.4, 0.5) is 0 Å². The van der Waals surface area contributed by atoms with Crippen LogP contribution in [0.25, 0.3) is 0 Å². The van der Waals surface area contributed by atoms with Gasteiger partial charge in [0.1, 0.15) is 0 Å². The molecular formula is C43H54Cl2N4O7. The third-order valence-electron chi connectivity index (χ3n) is 12.0. The maximum absolute atomic E-state index is 14.6. The summed E-state index contributed by atoms with van der Waals surface area (Å²) in [7, 11) is 4.61. The van der Waals surface area contributed by atoms with Gasteiger partial charge in [0, 0.05) is 56.8 Å². The number of piperazine rings is 1. The number of benzene rings is 3. The summed E-state index contributed by atoms with van der Waals surface area (Å²) in [5.41, 5.74) is 1.61. The highest BCUT2D eigenvalue weighted by Gasteiger charge is 2.47. The van der Waals surface area contributed by atoms with E-state index in [1.807, 2.05) is 53.1 Å². The van der Waals surface area contributed by atoms with Crippen LogP contribution in [0.2, 0.25) is 10.0 Å². The van der Waals surface area contributed by atoms with Gasteiger partial charge in [0.05, 0.1) is 49.8 Å². The Morgan fingerprint density at radius 1 is 0.696 bits per heavy atom. The quantitative estimate of drug-likeness (QED) is 0.173. The molecule has 0 aliphatic carbocycles. The Morgan fingerprint density at radius 3 is 1.96 bits per heavy atom. The topological polar surface area (TPSA) is 101 Å². The molecule has 3 aromatic carbocycles. The number of piperidine rings is 1. The number of hydrogen-bond acceptors (Lipinski definition) is 9. The number of ether oxygens (including phenoxy) is 4. The predicted octanol–water partition coefficient (Wildman–Crippen LogP) is 6.32. The second-order valence-corrected chi connectivity index (χ2v) is 15.8. The fourth-order valence-electron chi connectivity index (χ4n) is 8.72. The number of likely N-dealkylation sites (tertiary alicyclic amines) is 2. The van der Waals surface area contributed by atoms with E-state index in [1.54, 1.807) is 12.1 Å². The molecule has 3 saturated heterocycles. The van der Waals surface area contributed by atoms with Gasteiger partial charge in [-0.25, -0.2) is 0 Å². The van der Waals surface area contributed by atoms with Gasteiger partial charge >= 0.3 is 5.97 Å². The van der Waals surface area contributed by atoms with Gasteiger partial charge in [0.15, 0.2) is 11.5 Å². The highest BCUT2D eigenvalue weighted by molar-refractivity contribution is 6.42. The van der Waals surface area contributed by atoms with Crippen LogP contribution >= 0.6 is 23.2 Å². The van der Waals surface area contributed by atoms with Crippen molar-refractivity contribution in [1.29, 1.82) is 0 Å². The van der Waals surface area contributed by atoms with Gasteiger partial charge in [0.25, 0.3) is 5.91 Å². The van der Waals surface area contributed by atoms with Crippen LogP contribution < -0.4 is 14.2 Å². The number of amides is 2. The van der Waals surface area contributed by atoms with Crippen molar-refractivity contribution in [2.75, 3.05) is 93.4 Å². The van der Waals surface area contributed by atoms with Crippen LogP contribution in [-0.2, 0) is 25.2 Å². The zero-order valence-corrected chi connectivity index (χ0v) is 34.5. The van der Waals surface area contributed by atoms with Crippen LogP contribution in [0, 0.1) is 0 Å². The Kier molecular flexibility index (Phi) is 13.7. The largest absolute Gasteiger partial charge is 0.493 e. The Morgan fingerprint density at radius 2 is 1.36 bits per heavy atom. The lowest BCUT2D eigenvalue weighted by molar-refractivity contribution is -0.145. The van der Waals surface area contributed by atoms with E-state index >= 15 is 0 Å². The van der Waals surface area contributed by atoms with Crippen molar-refractivity contribution in [3.05, 3.63) is 87.4 Å². The number of carbonyl (C=O) groups is 3. The summed E-state index contributed by atoms with van der Waals surface area (Å²) in [5, 5.41) is 0.979. The molecule has 1 atom stereocenters. The van der Waals surface area contributed by atoms with Crippen molar-refractivity contribution < 1.29 is 33.3 Å². The third-order valence-corrected chi connectivity index (χ3v) is 12.8. The lowest BCUT2D eigenvalue weighted by Gasteiger charge is -2.46. The molecule has 3 fully saturated rings. The first-order valence-electron chi connectivity index (χ1n) is 19.6. The van der Waals surface area contributed by atoms with Gasteiger partial charge in [0.2, 0.25) is 11.7 Å². The molecule has 11 nitrogen and oxygen atoms in total. The standard InChI is InChI=1S/C43H54Cl2N4O7/c1-5-56-38(50)13-18-46-23-25-48(26-24-46)41(52)43(32-9-7-6-8-10-32)16-20-47(21-17-43)19-14-42(33-11-12-34(44)35(45)29-33)15-22-49(30-42)40(51)31-27-36(53-2)39(55-4)37(28-31)54-3/h6-12,27-29H,5,13-26,30H2,1-4H3/t42-/m0/s1. The summed E-state index contributed by atoms with van der Waals surface area (Å²) >= 11 is 13.0. The normalized spacial score (nSPS) is 20.1. The van der Waals surface area contributed by atoms with Gasteiger partial charge in [-0.05, 0) is 87.6 Å². The molecule has 3 aromatic rings. The molecule has 3 aliphatic heterocycles. The third kappa shape index (κ3) is 8.91. The molecule has 0 radical (unpaired) electrons. The fourth-order valence-corrected chi connectivity index (χ4v) is 9.01. The number of nitrogens with zero attached hydrogens (tertiary/aromatic N) is 4. The monoisotopic (exact) mass is 808 g/mol. The van der Waals surface area contributed by atoms with E-state index in [-0.39, 0.29) is 23.2 Å². The minimum absolute atomic E-state index is 0.116. The molecule has 0 bridgehead atoms. The van der Waals surface area contributed by atoms with Gasteiger partial charge in [-0.2, -0.15) is 0 Å². The van der Waals surface area contributed by atoms with Crippen molar-refractivity contribution >= 4 is 41.0 Å². The van der Waals surface area contributed by atoms with Crippen molar-refractivity contribution in [1.82, 2.24) is 19.6 Å². The molecule has 3 aliphatic rings. The molecular weight excluding hydrogens is 755 g/mol. The smallest absolute Gasteiger partial charge is 0.307 e. The number of esters is 1. The number of rotatable bonds is 14. The number of hydrogen-bond donors (Lipinski definition) is 0. The lowest BCUT2D eigenvalue weighted by Crippen LogP contribution is -2.57. The van der Waals surface area contributed by atoms with E-state index in [0.29, 0.717) is 91.5 Å². The average molecular weight is 810 g/mol. The molecule has 0 saturated carbocycles. The summed E-state index contributed by atoms with van der Waals surface area (Å²) in [4.78, 5) is 49.2. The van der Waals surface area contributed by atoms with E-state index in [1.165, 1.54) is 21.3 Å². The minimum atomic E-state index is -0.608. The maximum atomic E-state index is 14.6. The molecule has 3 heterocycles.